The van der Waals surface area contributed by atoms with E-state index >= 15 is 0 Å². The lowest BCUT2D eigenvalue weighted by molar-refractivity contribution is 0.0507. The van der Waals surface area contributed by atoms with Crippen LogP contribution < -0.4 is 15.4 Å². The maximum Gasteiger partial charge on any atom is 0.407 e. The zero-order chi connectivity index (χ0) is 20.0. The molecule has 27 heavy (non-hydrogen) atoms. The predicted octanol–water partition coefficient (Wildman–Crippen LogP) is 3.02. The van der Waals surface area contributed by atoms with E-state index in [0.717, 1.165) is 30.2 Å². The summed E-state index contributed by atoms with van der Waals surface area (Å²) in [6.07, 6.45) is 0.452. The van der Waals surface area contributed by atoms with Crippen LogP contribution in [0.25, 0.3) is 0 Å². The Morgan fingerprint density at radius 1 is 1.41 bits per heavy atom. The number of hydrogen-bond donors (Lipinski definition) is 2. The number of alkyl carbamates (subject to hydrolysis) is 1. The third-order valence-electron chi connectivity index (χ3n) is 4.11. The number of likely N-dealkylation sites (tertiary alicyclic amines) is 1. The zero-order valence-corrected chi connectivity index (χ0v) is 17.4. The van der Waals surface area contributed by atoms with Gasteiger partial charge in [-0.25, -0.2) is 4.79 Å². The lowest BCUT2D eigenvalue weighted by atomic mass is 10.2. The van der Waals surface area contributed by atoms with Crippen LogP contribution >= 0.6 is 11.6 Å². The standard InChI is InChI=1S/C19H29ClN4O3/c1-19(2,3)27-18(25)23-15-8-9-24(12-15)17(21-4)22-11-13-6-7-14(20)10-16(13)26-5/h6-7,10,15H,8-9,11-12H2,1-5H3,(H,21,22)(H,23,25). The number of aliphatic imine (C=N–C) groups is 1. The van der Waals surface area contributed by atoms with Crippen molar-refractivity contribution in [1.82, 2.24) is 15.5 Å². The molecule has 1 atom stereocenters. The van der Waals surface area contributed by atoms with Crippen LogP contribution in [0.1, 0.15) is 32.8 Å². The fourth-order valence-corrected chi connectivity index (χ4v) is 3.08. The van der Waals surface area contributed by atoms with Crippen molar-refractivity contribution in [2.24, 2.45) is 4.99 Å². The van der Waals surface area contributed by atoms with E-state index in [1.54, 1.807) is 20.2 Å². The van der Waals surface area contributed by atoms with Crippen LogP contribution in [-0.4, -0.2) is 55.8 Å². The summed E-state index contributed by atoms with van der Waals surface area (Å²) in [6.45, 7) is 7.60. The number of rotatable bonds is 4. The topological polar surface area (TPSA) is 75.2 Å². The van der Waals surface area contributed by atoms with Crippen molar-refractivity contribution in [2.45, 2.75) is 45.4 Å². The predicted molar refractivity (Wildman–Crippen MR) is 108 cm³/mol. The minimum absolute atomic E-state index is 0.0310. The van der Waals surface area contributed by atoms with Crippen LogP contribution in [0.3, 0.4) is 0 Å². The number of nitrogens with one attached hydrogen (secondary N) is 2. The molecular formula is C19H29ClN4O3. The summed E-state index contributed by atoms with van der Waals surface area (Å²) in [7, 11) is 3.37. The summed E-state index contributed by atoms with van der Waals surface area (Å²) in [5, 5.41) is 6.90. The number of nitrogens with zero attached hydrogens (tertiary/aromatic N) is 2. The zero-order valence-electron chi connectivity index (χ0n) is 16.6. The molecule has 1 unspecified atom stereocenters. The molecule has 1 saturated heterocycles. The van der Waals surface area contributed by atoms with E-state index in [4.69, 9.17) is 21.1 Å². The molecule has 0 saturated carbocycles. The van der Waals surface area contributed by atoms with Gasteiger partial charge in [-0.3, -0.25) is 4.99 Å². The molecule has 2 rings (SSSR count). The second kappa shape index (κ2) is 9.17. The number of methoxy groups -OCH3 is 1. The molecule has 1 aliphatic rings. The van der Waals surface area contributed by atoms with Crippen molar-refractivity contribution in [3.05, 3.63) is 28.8 Å². The molecule has 0 aromatic heterocycles. The second-order valence-corrected chi connectivity index (χ2v) is 7.87. The van der Waals surface area contributed by atoms with Crippen molar-refractivity contribution < 1.29 is 14.3 Å². The van der Waals surface area contributed by atoms with Crippen LogP contribution in [-0.2, 0) is 11.3 Å². The van der Waals surface area contributed by atoms with Crippen molar-refractivity contribution in [1.29, 1.82) is 0 Å². The Kier molecular flexibility index (Phi) is 7.18. The third-order valence-corrected chi connectivity index (χ3v) is 4.34. The first-order valence-electron chi connectivity index (χ1n) is 8.99. The summed E-state index contributed by atoms with van der Waals surface area (Å²) in [4.78, 5) is 18.4. The van der Waals surface area contributed by atoms with E-state index in [1.807, 2.05) is 32.9 Å². The number of benzene rings is 1. The number of hydrogen-bond acceptors (Lipinski definition) is 4. The molecular weight excluding hydrogens is 368 g/mol. The van der Waals surface area contributed by atoms with Gasteiger partial charge in [-0.2, -0.15) is 0 Å². The van der Waals surface area contributed by atoms with Crippen molar-refractivity contribution >= 4 is 23.7 Å². The second-order valence-electron chi connectivity index (χ2n) is 7.43. The highest BCUT2D eigenvalue weighted by Gasteiger charge is 2.27. The van der Waals surface area contributed by atoms with E-state index in [-0.39, 0.29) is 12.1 Å². The molecule has 1 fully saturated rings. The molecule has 1 aromatic rings. The molecule has 0 aliphatic carbocycles. The van der Waals surface area contributed by atoms with Gasteiger partial charge >= 0.3 is 6.09 Å². The third kappa shape index (κ3) is 6.50. The molecule has 150 valence electrons. The van der Waals surface area contributed by atoms with Gasteiger partial charge in [-0.15, -0.1) is 0 Å². The van der Waals surface area contributed by atoms with Crippen LogP contribution in [0.2, 0.25) is 5.02 Å². The van der Waals surface area contributed by atoms with E-state index < -0.39 is 5.60 Å². The van der Waals surface area contributed by atoms with E-state index in [0.29, 0.717) is 18.1 Å². The first-order valence-corrected chi connectivity index (χ1v) is 9.37. The van der Waals surface area contributed by atoms with Crippen molar-refractivity contribution in [3.63, 3.8) is 0 Å². The molecule has 0 radical (unpaired) electrons. The van der Waals surface area contributed by atoms with Crippen LogP contribution in [0.15, 0.2) is 23.2 Å². The molecule has 7 nitrogen and oxygen atoms in total. The van der Waals surface area contributed by atoms with Gasteiger partial charge in [0.15, 0.2) is 5.96 Å². The van der Waals surface area contributed by atoms with Gasteiger partial charge in [0.25, 0.3) is 0 Å². The minimum atomic E-state index is -0.502. The van der Waals surface area contributed by atoms with Gasteiger partial charge in [-0.1, -0.05) is 17.7 Å². The van der Waals surface area contributed by atoms with E-state index in [2.05, 4.69) is 20.5 Å². The van der Waals surface area contributed by atoms with Gasteiger partial charge < -0.3 is 25.0 Å². The number of amides is 1. The lowest BCUT2D eigenvalue weighted by Crippen LogP contribution is -2.44. The number of guanidine groups is 1. The maximum absolute atomic E-state index is 11.9. The number of carbonyl (C=O) groups excluding carboxylic acids is 1. The quantitative estimate of drug-likeness (QED) is 0.604. The highest BCUT2D eigenvalue weighted by atomic mass is 35.5. The molecule has 1 aliphatic heterocycles. The summed E-state index contributed by atoms with van der Waals surface area (Å²) < 4.78 is 10.7. The van der Waals surface area contributed by atoms with Gasteiger partial charge in [0.1, 0.15) is 11.4 Å². The Bertz CT molecular complexity index is 688. The minimum Gasteiger partial charge on any atom is -0.496 e. The molecule has 0 bridgehead atoms. The monoisotopic (exact) mass is 396 g/mol. The fourth-order valence-electron chi connectivity index (χ4n) is 2.92. The summed E-state index contributed by atoms with van der Waals surface area (Å²) >= 11 is 6.01. The van der Waals surface area contributed by atoms with Crippen molar-refractivity contribution in [3.8, 4) is 5.75 Å². The van der Waals surface area contributed by atoms with Gasteiger partial charge in [0.2, 0.25) is 0 Å². The van der Waals surface area contributed by atoms with Crippen LogP contribution in [0.4, 0.5) is 4.79 Å². The summed E-state index contributed by atoms with van der Waals surface area (Å²) in [5.41, 5.74) is 0.489. The van der Waals surface area contributed by atoms with Crippen molar-refractivity contribution in [2.75, 3.05) is 27.2 Å². The molecule has 8 heteroatoms. The number of carbonyl (C=O) groups is 1. The maximum atomic E-state index is 11.9. The summed E-state index contributed by atoms with van der Waals surface area (Å²) in [6, 6.07) is 5.58. The largest absolute Gasteiger partial charge is 0.496 e. The molecule has 0 spiro atoms. The average Bonchev–Trinajstić information content (AvgIpc) is 3.02. The van der Waals surface area contributed by atoms with E-state index in [9.17, 15) is 4.79 Å². The highest BCUT2D eigenvalue weighted by Crippen LogP contribution is 2.23. The van der Waals surface area contributed by atoms with Gasteiger partial charge in [0, 0.05) is 37.3 Å². The van der Waals surface area contributed by atoms with Crippen LogP contribution in [0, 0.1) is 0 Å². The Morgan fingerprint density at radius 3 is 2.78 bits per heavy atom. The average molecular weight is 397 g/mol. The van der Waals surface area contributed by atoms with E-state index in [1.165, 1.54) is 0 Å². The fraction of sp³-hybridized carbons (Fsp3) is 0.579. The van der Waals surface area contributed by atoms with Gasteiger partial charge in [0.05, 0.1) is 13.2 Å². The first-order chi connectivity index (χ1) is 12.7. The SMILES string of the molecule is CN=C(NCc1ccc(Cl)cc1OC)N1CCC(NC(=O)OC(C)(C)C)C1. The van der Waals surface area contributed by atoms with Crippen LogP contribution in [0.5, 0.6) is 5.75 Å². The highest BCUT2D eigenvalue weighted by molar-refractivity contribution is 6.30. The normalized spacial score (nSPS) is 17.6. The first kappa shape index (κ1) is 21.2. The lowest BCUT2D eigenvalue weighted by Gasteiger charge is -2.23. The Balaban J connectivity index is 1.89. The molecule has 2 N–H and O–H groups in total. The molecule has 1 heterocycles. The molecule has 1 aromatic carbocycles. The Labute approximate surface area is 166 Å². The smallest absolute Gasteiger partial charge is 0.407 e. The number of halogens is 1. The Morgan fingerprint density at radius 2 is 2.15 bits per heavy atom. The molecule has 1 amide bonds. The van der Waals surface area contributed by atoms with Gasteiger partial charge in [-0.05, 0) is 39.3 Å². The summed E-state index contributed by atoms with van der Waals surface area (Å²) in [5.74, 6) is 1.51. The number of ether oxygens (including phenoxy) is 2. The Hall–Kier alpha value is -2.15.